The SMILES string of the molecule is Cc1cc(N2CCSCC2)cc(C)c1NC(=O)CC1CCCC1. The maximum atomic E-state index is 12.3. The molecule has 0 spiro atoms. The fourth-order valence-corrected chi connectivity index (χ4v) is 4.71. The Bertz CT molecular complexity index is 537. The highest BCUT2D eigenvalue weighted by atomic mass is 32.2. The lowest BCUT2D eigenvalue weighted by Crippen LogP contribution is -2.32. The molecule has 3 rings (SSSR count). The van der Waals surface area contributed by atoms with Gasteiger partial charge >= 0.3 is 0 Å². The molecule has 2 aliphatic rings. The highest BCUT2D eigenvalue weighted by molar-refractivity contribution is 7.99. The molecule has 4 heteroatoms. The highest BCUT2D eigenvalue weighted by Gasteiger charge is 2.20. The molecule has 1 saturated carbocycles. The van der Waals surface area contributed by atoms with Crippen LogP contribution in [0.3, 0.4) is 0 Å². The van der Waals surface area contributed by atoms with Crippen LogP contribution in [0.2, 0.25) is 0 Å². The van der Waals surface area contributed by atoms with Crippen molar-refractivity contribution in [1.29, 1.82) is 0 Å². The third kappa shape index (κ3) is 4.23. The Kier molecular flexibility index (Phi) is 5.52. The van der Waals surface area contributed by atoms with Crippen molar-refractivity contribution in [1.82, 2.24) is 0 Å². The maximum absolute atomic E-state index is 12.3. The Morgan fingerprint density at radius 1 is 1.17 bits per heavy atom. The molecule has 0 aromatic heterocycles. The van der Waals surface area contributed by atoms with Gasteiger partial charge in [-0.2, -0.15) is 11.8 Å². The molecule has 1 aliphatic heterocycles. The van der Waals surface area contributed by atoms with Crippen LogP contribution < -0.4 is 10.2 Å². The molecule has 126 valence electrons. The van der Waals surface area contributed by atoms with Gasteiger partial charge in [0.2, 0.25) is 5.91 Å². The number of rotatable bonds is 4. The van der Waals surface area contributed by atoms with Crippen LogP contribution in [0.15, 0.2) is 12.1 Å². The monoisotopic (exact) mass is 332 g/mol. The minimum atomic E-state index is 0.185. The number of hydrogen-bond acceptors (Lipinski definition) is 3. The van der Waals surface area contributed by atoms with Crippen LogP contribution in [0.1, 0.15) is 43.2 Å². The van der Waals surface area contributed by atoms with Gasteiger partial charge in [-0.15, -0.1) is 0 Å². The fourth-order valence-electron chi connectivity index (χ4n) is 3.81. The van der Waals surface area contributed by atoms with Crippen LogP contribution in [0, 0.1) is 19.8 Å². The smallest absolute Gasteiger partial charge is 0.224 e. The Balaban J connectivity index is 1.68. The van der Waals surface area contributed by atoms with Gasteiger partial charge in [-0.05, 0) is 55.9 Å². The lowest BCUT2D eigenvalue weighted by molar-refractivity contribution is -0.117. The van der Waals surface area contributed by atoms with Gasteiger partial charge in [-0.3, -0.25) is 4.79 Å². The molecule has 3 nitrogen and oxygen atoms in total. The molecule has 1 aromatic carbocycles. The summed E-state index contributed by atoms with van der Waals surface area (Å²) in [6.07, 6.45) is 5.70. The number of carbonyl (C=O) groups excluding carboxylic acids is 1. The summed E-state index contributed by atoms with van der Waals surface area (Å²) in [4.78, 5) is 14.8. The molecule has 1 heterocycles. The zero-order valence-electron chi connectivity index (χ0n) is 14.4. The van der Waals surface area contributed by atoms with Crippen molar-refractivity contribution in [3.05, 3.63) is 23.3 Å². The molecule has 0 bridgehead atoms. The van der Waals surface area contributed by atoms with E-state index in [1.807, 2.05) is 11.8 Å². The van der Waals surface area contributed by atoms with Gasteiger partial charge in [-0.1, -0.05) is 12.8 Å². The molecule has 1 aliphatic carbocycles. The normalized spacial score (nSPS) is 19.1. The van der Waals surface area contributed by atoms with Crippen molar-refractivity contribution < 1.29 is 4.79 Å². The van der Waals surface area contributed by atoms with Gasteiger partial charge in [0.05, 0.1) is 0 Å². The van der Waals surface area contributed by atoms with E-state index in [2.05, 4.69) is 36.2 Å². The van der Waals surface area contributed by atoms with Gasteiger partial charge in [0, 0.05) is 42.4 Å². The van der Waals surface area contributed by atoms with Gasteiger partial charge in [-0.25, -0.2) is 0 Å². The Morgan fingerprint density at radius 3 is 2.39 bits per heavy atom. The quantitative estimate of drug-likeness (QED) is 0.888. The van der Waals surface area contributed by atoms with E-state index in [0.717, 1.165) is 18.8 Å². The van der Waals surface area contributed by atoms with Crippen molar-refractivity contribution >= 4 is 29.0 Å². The second-order valence-electron chi connectivity index (χ2n) is 6.96. The van der Waals surface area contributed by atoms with Crippen LogP contribution in [-0.4, -0.2) is 30.5 Å². The minimum Gasteiger partial charge on any atom is -0.370 e. The number of nitrogens with one attached hydrogen (secondary N) is 1. The van der Waals surface area contributed by atoms with Crippen LogP contribution in [0.5, 0.6) is 0 Å². The summed E-state index contributed by atoms with van der Waals surface area (Å²) in [5, 5.41) is 3.17. The molecule has 23 heavy (non-hydrogen) atoms. The average molecular weight is 333 g/mol. The summed E-state index contributed by atoms with van der Waals surface area (Å²) in [5.74, 6) is 3.20. The van der Waals surface area contributed by atoms with Crippen molar-refractivity contribution in [2.24, 2.45) is 5.92 Å². The number of anilines is 2. The third-order valence-electron chi connectivity index (χ3n) is 5.11. The Morgan fingerprint density at radius 2 is 1.78 bits per heavy atom. The van der Waals surface area contributed by atoms with Gasteiger partial charge in [0.1, 0.15) is 0 Å². The van der Waals surface area contributed by atoms with E-state index >= 15 is 0 Å². The zero-order valence-corrected chi connectivity index (χ0v) is 15.2. The average Bonchev–Trinajstić information content (AvgIpc) is 3.04. The summed E-state index contributed by atoms with van der Waals surface area (Å²) in [7, 11) is 0. The topological polar surface area (TPSA) is 32.3 Å². The van der Waals surface area contributed by atoms with Crippen LogP contribution >= 0.6 is 11.8 Å². The van der Waals surface area contributed by atoms with Crippen molar-refractivity contribution in [2.45, 2.75) is 46.0 Å². The summed E-state index contributed by atoms with van der Waals surface area (Å²) in [6.45, 7) is 6.47. The molecule has 2 fully saturated rings. The number of carbonyl (C=O) groups is 1. The fraction of sp³-hybridized carbons (Fsp3) is 0.632. The third-order valence-corrected chi connectivity index (χ3v) is 6.05. The number of thioether (sulfide) groups is 1. The zero-order chi connectivity index (χ0) is 16.2. The van der Waals surface area contributed by atoms with E-state index in [9.17, 15) is 4.79 Å². The largest absolute Gasteiger partial charge is 0.370 e. The highest BCUT2D eigenvalue weighted by Crippen LogP contribution is 2.31. The van der Waals surface area contributed by atoms with E-state index in [-0.39, 0.29) is 5.91 Å². The maximum Gasteiger partial charge on any atom is 0.224 e. The number of benzene rings is 1. The summed E-state index contributed by atoms with van der Waals surface area (Å²) in [6, 6.07) is 4.46. The first-order valence-corrected chi connectivity index (χ1v) is 10.0. The summed E-state index contributed by atoms with van der Waals surface area (Å²) in [5.41, 5.74) is 4.67. The van der Waals surface area contributed by atoms with Crippen molar-refractivity contribution in [3.8, 4) is 0 Å². The number of aryl methyl sites for hydroxylation is 2. The minimum absolute atomic E-state index is 0.185. The standard InChI is InChI=1S/C19H28N2OS/c1-14-11-17(21-7-9-23-10-8-21)12-15(2)19(14)20-18(22)13-16-5-3-4-6-16/h11-12,16H,3-10,13H2,1-2H3,(H,20,22). The van der Waals surface area contributed by atoms with E-state index in [1.165, 1.54) is 54.0 Å². The predicted octanol–water partition coefficient (Wildman–Crippen LogP) is 4.38. The molecular formula is C19H28N2OS. The molecule has 1 saturated heterocycles. The molecule has 1 amide bonds. The molecule has 1 N–H and O–H groups in total. The summed E-state index contributed by atoms with van der Waals surface area (Å²) >= 11 is 2.03. The predicted molar refractivity (Wildman–Crippen MR) is 101 cm³/mol. The molecule has 0 unspecified atom stereocenters. The second-order valence-corrected chi connectivity index (χ2v) is 8.18. The molecular weight excluding hydrogens is 304 g/mol. The van der Waals surface area contributed by atoms with E-state index in [0.29, 0.717) is 12.3 Å². The molecule has 0 radical (unpaired) electrons. The van der Waals surface area contributed by atoms with Gasteiger partial charge < -0.3 is 10.2 Å². The van der Waals surface area contributed by atoms with Crippen LogP contribution in [-0.2, 0) is 4.79 Å². The van der Waals surface area contributed by atoms with Crippen LogP contribution in [0.25, 0.3) is 0 Å². The van der Waals surface area contributed by atoms with Crippen molar-refractivity contribution in [2.75, 3.05) is 34.8 Å². The van der Waals surface area contributed by atoms with E-state index in [1.54, 1.807) is 0 Å². The lowest BCUT2D eigenvalue weighted by Gasteiger charge is -2.29. The first-order valence-electron chi connectivity index (χ1n) is 8.87. The van der Waals surface area contributed by atoms with E-state index < -0.39 is 0 Å². The first kappa shape index (κ1) is 16.7. The van der Waals surface area contributed by atoms with Crippen molar-refractivity contribution in [3.63, 3.8) is 0 Å². The number of amides is 1. The molecule has 0 atom stereocenters. The van der Waals surface area contributed by atoms with Crippen LogP contribution in [0.4, 0.5) is 11.4 Å². The van der Waals surface area contributed by atoms with Gasteiger partial charge in [0.15, 0.2) is 0 Å². The second kappa shape index (κ2) is 7.61. The number of hydrogen-bond donors (Lipinski definition) is 1. The van der Waals surface area contributed by atoms with E-state index in [4.69, 9.17) is 0 Å². The Hall–Kier alpha value is -1.16. The first-order chi connectivity index (χ1) is 11.1. The van der Waals surface area contributed by atoms with Gasteiger partial charge in [0.25, 0.3) is 0 Å². The molecule has 1 aromatic rings. The lowest BCUT2D eigenvalue weighted by atomic mass is 10.0. The summed E-state index contributed by atoms with van der Waals surface area (Å²) < 4.78 is 0. The number of nitrogens with zero attached hydrogens (tertiary/aromatic N) is 1. The Labute approximate surface area is 144 Å².